The molecule has 1 heterocycles. The van der Waals surface area contributed by atoms with Crippen molar-refractivity contribution in [3.8, 4) is 0 Å². The Bertz CT molecular complexity index is 181. The normalized spacial score (nSPS) is 24.8. The molecule has 1 aliphatic rings. The maximum absolute atomic E-state index is 11.4. The Balaban J connectivity index is 2.61. The number of nitrogens with zero attached hydrogens (tertiary/aromatic N) is 1. The summed E-state index contributed by atoms with van der Waals surface area (Å²) in [4.78, 5) is 14.4. The molecule has 68 valence electrons. The first-order valence-electron chi connectivity index (χ1n) is 4.49. The molecule has 0 amide bonds. The molecule has 3 heteroatoms. The minimum atomic E-state index is 0.195. The summed E-state index contributed by atoms with van der Waals surface area (Å²) in [5.74, 6) is 0.549. The highest BCUT2D eigenvalue weighted by Gasteiger charge is 2.27. The van der Waals surface area contributed by atoms with Crippen LogP contribution in [0.5, 0.6) is 0 Å². The molecule has 1 atom stereocenters. The summed E-state index contributed by atoms with van der Waals surface area (Å²) in [6.45, 7) is 5.48. The monoisotopic (exact) mass is 185 g/mol. The Morgan fingerprint density at radius 2 is 2.25 bits per heavy atom. The van der Waals surface area contributed by atoms with Crippen LogP contribution in [0, 0.1) is 5.92 Å². The third kappa shape index (κ3) is 1.83. The van der Waals surface area contributed by atoms with Crippen molar-refractivity contribution < 1.29 is 4.79 Å². The van der Waals surface area contributed by atoms with Gasteiger partial charge in [0.1, 0.15) is 0 Å². The lowest BCUT2D eigenvalue weighted by Crippen LogP contribution is -2.43. The average Bonchev–Trinajstić information content (AvgIpc) is 2.08. The molecular formula is C9H15NOS. The lowest BCUT2D eigenvalue weighted by Gasteiger charge is -2.31. The van der Waals surface area contributed by atoms with Crippen molar-refractivity contribution in [3.05, 3.63) is 0 Å². The van der Waals surface area contributed by atoms with Crippen LogP contribution >= 0.6 is 12.2 Å². The van der Waals surface area contributed by atoms with Crippen LogP contribution in [0.15, 0.2) is 0 Å². The van der Waals surface area contributed by atoms with E-state index in [4.69, 9.17) is 12.2 Å². The summed E-state index contributed by atoms with van der Waals surface area (Å²) in [7, 11) is 0. The number of carbonyl (C=O) groups excluding carboxylic acids is 1. The second kappa shape index (κ2) is 3.99. The van der Waals surface area contributed by atoms with Gasteiger partial charge in [-0.1, -0.05) is 19.1 Å². The fourth-order valence-electron chi connectivity index (χ4n) is 1.52. The lowest BCUT2D eigenvalue weighted by atomic mass is 9.93. The van der Waals surface area contributed by atoms with Crippen molar-refractivity contribution in [2.45, 2.75) is 26.7 Å². The van der Waals surface area contributed by atoms with E-state index in [2.05, 4.69) is 0 Å². The van der Waals surface area contributed by atoms with Gasteiger partial charge in [0.2, 0.25) is 0 Å². The van der Waals surface area contributed by atoms with Crippen molar-refractivity contribution >= 4 is 23.0 Å². The molecule has 0 spiro atoms. The Kier molecular flexibility index (Phi) is 3.20. The van der Waals surface area contributed by atoms with Crippen LogP contribution in [0.25, 0.3) is 0 Å². The number of likely N-dealkylation sites (tertiary alicyclic amines) is 1. The molecule has 0 N–H and O–H groups in total. The van der Waals surface area contributed by atoms with E-state index in [9.17, 15) is 4.79 Å². The lowest BCUT2D eigenvalue weighted by molar-refractivity contribution is -0.124. The van der Waals surface area contributed by atoms with Crippen LogP contribution in [-0.4, -0.2) is 28.8 Å². The molecule has 0 aromatic heterocycles. The van der Waals surface area contributed by atoms with Gasteiger partial charge >= 0.3 is 0 Å². The number of hydrogen-bond acceptors (Lipinski definition) is 2. The highest BCUT2D eigenvalue weighted by Crippen LogP contribution is 2.18. The van der Waals surface area contributed by atoms with Crippen LogP contribution in [0.3, 0.4) is 0 Å². The summed E-state index contributed by atoms with van der Waals surface area (Å²) >= 11 is 5.20. The maximum Gasteiger partial charge on any atom is 0.155 e. The maximum atomic E-state index is 11.4. The minimum Gasteiger partial charge on any atom is -0.359 e. The highest BCUT2D eigenvalue weighted by molar-refractivity contribution is 7.80. The molecule has 2 nitrogen and oxygen atoms in total. The first-order chi connectivity index (χ1) is 5.69. The summed E-state index contributed by atoms with van der Waals surface area (Å²) in [5.41, 5.74) is 0. The second-order valence-electron chi connectivity index (χ2n) is 3.18. The molecule has 0 aromatic carbocycles. The quantitative estimate of drug-likeness (QED) is 0.610. The van der Waals surface area contributed by atoms with E-state index in [1.165, 1.54) is 0 Å². The SMILES string of the molecule is CCC1CC(=S)N(CC)CC1=O. The van der Waals surface area contributed by atoms with Crippen LogP contribution in [0.1, 0.15) is 26.7 Å². The number of piperidine rings is 1. The van der Waals surface area contributed by atoms with E-state index in [1.807, 2.05) is 18.7 Å². The minimum absolute atomic E-state index is 0.195. The van der Waals surface area contributed by atoms with Gasteiger partial charge in [-0.2, -0.15) is 0 Å². The van der Waals surface area contributed by atoms with Crippen LogP contribution in [-0.2, 0) is 4.79 Å². The predicted molar refractivity (Wildman–Crippen MR) is 53.3 cm³/mol. The summed E-state index contributed by atoms with van der Waals surface area (Å²) in [5, 5.41) is 0. The Morgan fingerprint density at radius 3 is 2.75 bits per heavy atom. The van der Waals surface area contributed by atoms with Gasteiger partial charge in [0, 0.05) is 18.9 Å². The van der Waals surface area contributed by atoms with Crippen molar-refractivity contribution in [3.63, 3.8) is 0 Å². The van der Waals surface area contributed by atoms with Gasteiger partial charge in [-0.3, -0.25) is 4.79 Å². The van der Waals surface area contributed by atoms with Gasteiger partial charge in [0.05, 0.1) is 11.5 Å². The van der Waals surface area contributed by atoms with Crippen molar-refractivity contribution in [1.82, 2.24) is 4.90 Å². The van der Waals surface area contributed by atoms with Crippen LogP contribution < -0.4 is 0 Å². The summed E-state index contributed by atoms with van der Waals surface area (Å²) in [6, 6.07) is 0. The largest absolute Gasteiger partial charge is 0.359 e. The molecule has 12 heavy (non-hydrogen) atoms. The third-order valence-electron chi connectivity index (χ3n) is 2.45. The molecule has 0 saturated carbocycles. The first-order valence-corrected chi connectivity index (χ1v) is 4.90. The molecule has 0 aromatic rings. The number of hydrogen-bond donors (Lipinski definition) is 0. The third-order valence-corrected chi connectivity index (χ3v) is 2.88. The average molecular weight is 185 g/mol. The zero-order valence-electron chi connectivity index (χ0n) is 7.67. The summed E-state index contributed by atoms with van der Waals surface area (Å²) < 4.78 is 0. The number of rotatable bonds is 2. The zero-order valence-corrected chi connectivity index (χ0v) is 8.49. The Morgan fingerprint density at radius 1 is 1.58 bits per heavy atom. The number of thiocarbonyl (C=S) groups is 1. The number of Topliss-reactive ketones (excluding diaryl/α,β-unsaturated/α-hetero) is 1. The molecule has 0 bridgehead atoms. The Hall–Kier alpha value is -0.440. The molecule has 1 saturated heterocycles. The standard InChI is InChI=1S/C9H15NOS/c1-3-7-5-9(12)10(4-2)6-8(7)11/h7H,3-6H2,1-2H3. The molecule has 0 radical (unpaired) electrons. The van der Waals surface area contributed by atoms with Crippen molar-refractivity contribution in [2.75, 3.05) is 13.1 Å². The van der Waals surface area contributed by atoms with E-state index in [1.54, 1.807) is 0 Å². The van der Waals surface area contributed by atoms with Gasteiger partial charge in [-0.25, -0.2) is 0 Å². The zero-order chi connectivity index (χ0) is 9.14. The highest BCUT2D eigenvalue weighted by atomic mass is 32.1. The molecular weight excluding hydrogens is 170 g/mol. The number of carbonyl (C=O) groups is 1. The smallest absolute Gasteiger partial charge is 0.155 e. The first kappa shape index (κ1) is 9.65. The molecule has 1 aliphatic heterocycles. The Labute approximate surface area is 78.9 Å². The van der Waals surface area contributed by atoms with Gasteiger partial charge in [0.25, 0.3) is 0 Å². The number of ketones is 1. The summed E-state index contributed by atoms with van der Waals surface area (Å²) in [6.07, 6.45) is 1.72. The van der Waals surface area contributed by atoms with Gasteiger partial charge < -0.3 is 4.90 Å². The van der Waals surface area contributed by atoms with Gasteiger partial charge in [0.15, 0.2) is 5.78 Å². The van der Waals surface area contributed by atoms with E-state index in [-0.39, 0.29) is 5.92 Å². The topological polar surface area (TPSA) is 20.3 Å². The van der Waals surface area contributed by atoms with Crippen molar-refractivity contribution in [2.24, 2.45) is 5.92 Å². The van der Waals surface area contributed by atoms with Crippen molar-refractivity contribution in [1.29, 1.82) is 0 Å². The molecule has 1 fully saturated rings. The number of likely N-dealkylation sites (N-methyl/N-ethyl adjacent to an activating group) is 1. The molecule has 1 rings (SSSR count). The second-order valence-corrected chi connectivity index (χ2v) is 3.65. The molecule has 1 unspecified atom stereocenters. The predicted octanol–water partition coefficient (Wildman–Crippen LogP) is 1.63. The van der Waals surface area contributed by atoms with Crippen LogP contribution in [0.4, 0.5) is 0 Å². The van der Waals surface area contributed by atoms with Gasteiger partial charge in [-0.05, 0) is 13.3 Å². The van der Waals surface area contributed by atoms with E-state index in [0.717, 1.165) is 24.4 Å². The molecule has 0 aliphatic carbocycles. The van der Waals surface area contributed by atoms with E-state index < -0.39 is 0 Å². The van der Waals surface area contributed by atoms with Gasteiger partial charge in [-0.15, -0.1) is 0 Å². The van der Waals surface area contributed by atoms with Crippen LogP contribution in [0.2, 0.25) is 0 Å². The fraction of sp³-hybridized carbons (Fsp3) is 0.778. The van der Waals surface area contributed by atoms with E-state index >= 15 is 0 Å². The van der Waals surface area contributed by atoms with E-state index in [0.29, 0.717) is 12.3 Å². The fourth-order valence-corrected chi connectivity index (χ4v) is 1.91.